The fourth-order valence-electron chi connectivity index (χ4n) is 3.01. The summed E-state index contributed by atoms with van der Waals surface area (Å²) in [7, 11) is 0. The van der Waals surface area contributed by atoms with E-state index in [1.165, 1.54) is 0 Å². The topological polar surface area (TPSA) is 124 Å². The van der Waals surface area contributed by atoms with Crippen LogP contribution in [0.1, 0.15) is 52.0 Å². The van der Waals surface area contributed by atoms with Crippen LogP contribution in [0.5, 0.6) is 0 Å². The Balaban J connectivity index is 0.000000878. The Morgan fingerprint density at radius 2 is 2.14 bits per heavy atom. The molecule has 2 aromatic rings. The number of nitrogens with zero attached hydrogens (tertiary/aromatic N) is 2. The normalized spacial score (nSPS) is 15.6. The number of aryl methyl sites for hydroxylation is 2. The van der Waals surface area contributed by atoms with E-state index in [0.717, 1.165) is 24.2 Å². The second-order valence-electron chi connectivity index (χ2n) is 6.47. The molecule has 1 atom stereocenters. The molecule has 28 heavy (non-hydrogen) atoms. The zero-order chi connectivity index (χ0) is 20.7. The maximum atomic E-state index is 12.4. The molecule has 3 rings (SSSR count). The molecule has 9 nitrogen and oxygen atoms in total. The van der Waals surface area contributed by atoms with Crippen molar-refractivity contribution >= 4 is 12.4 Å². The van der Waals surface area contributed by atoms with E-state index in [2.05, 4.69) is 10.3 Å². The van der Waals surface area contributed by atoms with Crippen molar-refractivity contribution in [2.75, 3.05) is 13.2 Å². The second kappa shape index (κ2) is 9.84. The monoisotopic (exact) mass is 391 g/mol. The van der Waals surface area contributed by atoms with Gasteiger partial charge in [0.05, 0.1) is 12.0 Å². The lowest BCUT2D eigenvalue weighted by molar-refractivity contribution is -0.122. The summed E-state index contributed by atoms with van der Waals surface area (Å²) in [5.41, 5.74) is 2.07. The molecule has 2 N–H and O–H groups in total. The first-order chi connectivity index (χ1) is 13.4. The average Bonchev–Trinajstić information content (AvgIpc) is 3.28. The molecular weight excluding hydrogens is 366 g/mol. The number of nitrogens with one attached hydrogen (secondary N) is 1. The highest BCUT2D eigenvalue weighted by atomic mass is 16.5. The highest BCUT2D eigenvalue weighted by Crippen LogP contribution is 2.28. The summed E-state index contributed by atoms with van der Waals surface area (Å²) < 4.78 is 12.8. The molecule has 0 aliphatic carbocycles. The minimum absolute atomic E-state index is 0.0558. The van der Waals surface area contributed by atoms with E-state index in [4.69, 9.17) is 19.1 Å². The van der Waals surface area contributed by atoms with Crippen LogP contribution < -0.4 is 10.9 Å². The van der Waals surface area contributed by atoms with Crippen LogP contribution in [0.25, 0.3) is 0 Å². The third-order valence-corrected chi connectivity index (χ3v) is 4.63. The molecule has 0 aromatic carbocycles. The van der Waals surface area contributed by atoms with Crippen LogP contribution in [0.2, 0.25) is 0 Å². The molecule has 9 heteroatoms. The van der Waals surface area contributed by atoms with Crippen molar-refractivity contribution in [1.82, 2.24) is 14.9 Å². The summed E-state index contributed by atoms with van der Waals surface area (Å²) in [5.74, 6) is 0.0840. The Kier molecular flexibility index (Phi) is 7.51. The largest absolute Gasteiger partial charge is 0.483 e. The van der Waals surface area contributed by atoms with Gasteiger partial charge >= 0.3 is 5.63 Å². The third kappa shape index (κ3) is 5.07. The number of imidazole rings is 1. The second-order valence-corrected chi connectivity index (χ2v) is 6.47. The van der Waals surface area contributed by atoms with Gasteiger partial charge < -0.3 is 24.1 Å². The van der Waals surface area contributed by atoms with Crippen molar-refractivity contribution in [3.05, 3.63) is 51.1 Å². The zero-order valence-electron chi connectivity index (χ0n) is 16.2. The summed E-state index contributed by atoms with van der Waals surface area (Å²) in [5, 5.41) is 9.66. The molecule has 0 saturated carbocycles. The molecule has 1 fully saturated rings. The van der Waals surface area contributed by atoms with Gasteiger partial charge in [-0.3, -0.25) is 9.59 Å². The predicted molar refractivity (Wildman–Crippen MR) is 100 cm³/mol. The Morgan fingerprint density at radius 1 is 1.43 bits per heavy atom. The lowest BCUT2D eigenvalue weighted by atomic mass is 10.1. The first-order valence-electron chi connectivity index (χ1n) is 8.99. The number of carbonyl (C=O) groups excluding carboxylic acids is 1. The van der Waals surface area contributed by atoms with Gasteiger partial charge in [-0.2, -0.15) is 0 Å². The van der Waals surface area contributed by atoms with Crippen LogP contribution in [-0.4, -0.2) is 40.2 Å². The van der Waals surface area contributed by atoms with Gasteiger partial charge in [-0.25, -0.2) is 9.78 Å². The summed E-state index contributed by atoms with van der Waals surface area (Å²) in [6.07, 6.45) is 3.34. The number of rotatable bonds is 5. The Hall–Kier alpha value is -2.94. The molecule has 3 heterocycles. The highest BCUT2D eigenvalue weighted by molar-refractivity contribution is 5.95. The molecule has 1 aliphatic heterocycles. The van der Waals surface area contributed by atoms with Crippen LogP contribution in [0, 0.1) is 20.8 Å². The standard InChI is InChI=1S/C18H23N3O4.CH2O2/c1-11-9-15(14-5-4-8-24-14)25-18(23)16(11)17(22)19-6-7-21-10-20-12(2)13(21)3;2-1-3/h9-10,14H,4-8H2,1-3H3,(H,19,22);1H,(H,2,3). The number of aromatic nitrogens is 2. The van der Waals surface area contributed by atoms with Gasteiger partial charge in [0, 0.05) is 25.4 Å². The van der Waals surface area contributed by atoms with Crippen LogP contribution in [0.4, 0.5) is 0 Å². The van der Waals surface area contributed by atoms with E-state index >= 15 is 0 Å². The van der Waals surface area contributed by atoms with Crippen molar-refractivity contribution < 1.29 is 23.8 Å². The number of carbonyl (C=O) groups is 2. The number of ether oxygens (including phenoxy) is 1. The van der Waals surface area contributed by atoms with Crippen molar-refractivity contribution in [3.63, 3.8) is 0 Å². The lowest BCUT2D eigenvalue weighted by Crippen LogP contribution is -2.32. The maximum absolute atomic E-state index is 12.4. The van der Waals surface area contributed by atoms with Gasteiger partial charge in [0.1, 0.15) is 17.4 Å². The summed E-state index contributed by atoms with van der Waals surface area (Å²) in [4.78, 5) is 37.2. The Bertz CT molecular complexity index is 880. The van der Waals surface area contributed by atoms with E-state index in [1.54, 1.807) is 19.3 Å². The van der Waals surface area contributed by atoms with Crippen molar-refractivity contribution in [1.29, 1.82) is 0 Å². The molecule has 1 unspecified atom stereocenters. The lowest BCUT2D eigenvalue weighted by Gasteiger charge is -2.11. The molecule has 1 saturated heterocycles. The minimum atomic E-state index is -0.613. The predicted octanol–water partition coefficient (Wildman–Crippen LogP) is 1.74. The first kappa shape index (κ1) is 21.4. The smallest absolute Gasteiger partial charge is 0.349 e. The van der Waals surface area contributed by atoms with Crippen LogP contribution >= 0.6 is 0 Å². The van der Waals surface area contributed by atoms with E-state index in [0.29, 0.717) is 31.0 Å². The average molecular weight is 391 g/mol. The van der Waals surface area contributed by atoms with E-state index in [-0.39, 0.29) is 18.1 Å². The molecule has 1 amide bonds. The number of hydrogen-bond donors (Lipinski definition) is 2. The molecule has 0 spiro atoms. The maximum Gasteiger partial charge on any atom is 0.349 e. The highest BCUT2D eigenvalue weighted by Gasteiger charge is 2.24. The van der Waals surface area contributed by atoms with E-state index in [9.17, 15) is 9.59 Å². The quantitative estimate of drug-likeness (QED) is 0.744. The number of hydrogen-bond acceptors (Lipinski definition) is 6. The van der Waals surface area contributed by atoms with Gasteiger partial charge in [0.15, 0.2) is 0 Å². The van der Waals surface area contributed by atoms with Gasteiger partial charge in [0.2, 0.25) is 0 Å². The number of carboxylic acid groups (broad SMARTS) is 1. The zero-order valence-corrected chi connectivity index (χ0v) is 16.2. The molecule has 0 bridgehead atoms. The fraction of sp³-hybridized carbons (Fsp3) is 0.474. The molecule has 0 radical (unpaired) electrons. The van der Waals surface area contributed by atoms with Gasteiger partial charge in [-0.1, -0.05) is 0 Å². The Morgan fingerprint density at radius 3 is 2.68 bits per heavy atom. The third-order valence-electron chi connectivity index (χ3n) is 4.63. The van der Waals surface area contributed by atoms with E-state index < -0.39 is 11.5 Å². The fourth-order valence-corrected chi connectivity index (χ4v) is 3.01. The van der Waals surface area contributed by atoms with Crippen LogP contribution in [0.3, 0.4) is 0 Å². The molecule has 1 aliphatic rings. The van der Waals surface area contributed by atoms with Crippen LogP contribution in [-0.2, 0) is 16.1 Å². The SMILES string of the molecule is Cc1cc(C2CCCO2)oc(=O)c1C(=O)NCCn1cnc(C)c1C.O=CO. The van der Waals surface area contributed by atoms with Gasteiger partial charge in [-0.15, -0.1) is 0 Å². The van der Waals surface area contributed by atoms with Crippen molar-refractivity contribution in [2.24, 2.45) is 0 Å². The van der Waals surface area contributed by atoms with Gasteiger partial charge in [0.25, 0.3) is 12.4 Å². The summed E-state index contributed by atoms with van der Waals surface area (Å²) >= 11 is 0. The first-order valence-corrected chi connectivity index (χ1v) is 8.99. The summed E-state index contributed by atoms with van der Waals surface area (Å²) in [6.45, 7) is 7.08. The Labute approximate surface area is 162 Å². The number of amides is 1. The molecular formula is C19H25N3O6. The molecule has 152 valence electrons. The van der Waals surface area contributed by atoms with Crippen molar-refractivity contribution in [2.45, 2.75) is 46.3 Å². The van der Waals surface area contributed by atoms with Gasteiger partial charge in [-0.05, 0) is 45.2 Å². The minimum Gasteiger partial charge on any atom is -0.483 e. The van der Waals surface area contributed by atoms with E-state index in [1.807, 2.05) is 18.4 Å². The molecule has 2 aromatic heterocycles. The summed E-state index contributed by atoms with van der Waals surface area (Å²) in [6, 6.07) is 1.73. The van der Waals surface area contributed by atoms with Crippen molar-refractivity contribution in [3.8, 4) is 0 Å². The van der Waals surface area contributed by atoms with Crippen LogP contribution in [0.15, 0.2) is 21.6 Å².